The molecule has 0 bridgehead atoms. The number of esters is 1. The SMILES string of the molecule is COC(=O)CCCCCN=C(N)N1CCN(c2ccc(F)cc2)CC1. The van der Waals surface area contributed by atoms with E-state index in [0.717, 1.165) is 51.1 Å². The maximum Gasteiger partial charge on any atom is 0.305 e. The standard InChI is InChI=1S/C18H27FN4O2/c1-25-17(24)5-3-2-4-10-21-18(20)23-13-11-22(12-14-23)16-8-6-15(19)7-9-16/h6-9H,2-5,10-14H2,1H3,(H2,20,21). The first kappa shape index (κ1) is 19.0. The molecule has 2 rings (SSSR count). The Bertz CT molecular complexity index is 569. The minimum Gasteiger partial charge on any atom is -0.469 e. The van der Waals surface area contributed by atoms with Gasteiger partial charge < -0.3 is 20.3 Å². The summed E-state index contributed by atoms with van der Waals surface area (Å²) in [6, 6.07) is 6.57. The number of carbonyl (C=O) groups is 1. The van der Waals surface area contributed by atoms with Crippen LogP contribution in [0.4, 0.5) is 10.1 Å². The van der Waals surface area contributed by atoms with Gasteiger partial charge in [0.2, 0.25) is 0 Å². The fourth-order valence-electron chi connectivity index (χ4n) is 2.80. The van der Waals surface area contributed by atoms with Gasteiger partial charge in [-0.1, -0.05) is 6.42 Å². The number of nitrogens with two attached hydrogens (primary N) is 1. The van der Waals surface area contributed by atoms with E-state index in [2.05, 4.69) is 19.5 Å². The van der Waals surface area contributed by atoms with Crippen molar-refractivity contribution in [3.05, 3.63) is 30.1 Å². The van der Waals surface area contributed by atoms with E-state index in [1.807, 2.05) is 0 Å². The molecular formula is C18H27FN4O2. The Kier molecular flexibility index (Phi) is 7.50. The van der Waals surface area contributed by atoms with E-state index in [0.29, 0.717) is 18.9 Å². The maximum atomic E-state index is 13.0. The third kappa shape index (κ3) is 6.25. The zero-order valence-corrected chi connectivity index (χ0v) is 14.8. The third-order valence-electron chi connectivity index (χ3n) is 4.34. The van der Waals surface area contributed by atoms with Gasteiger partial charge in [0, 0.05) is 44.8 Å². The van der Waals surface area contributed by atoms with E-state index < -0.39 is 0 Å². The van der Waals surface area contributed by atoms with Crippen molar-refractivity contribution < 1.29 is 13.9 Å². The Morgan fingerprint density at radius 1 is 1.16 bits per heavy atom. The minimum atomic E-state index is -0.217. The van der Waals surface area contributed by atoms with Crippen molar-refractivity contribution in [2.45, 2.75) is 25.7 Å². The summed E-state index contributed by atoms with van der Waals surface area (Å²) < 4.78 is 17.6. The van der Waals surface area contributed by atoms with E-state index in [1.165, 1.54) is 19.2 Å². The topological polar surface area (TPSA) is 71.2 Å². The van der Waals surface area contributed by atoms with Gasteiger partial charge in [-0.15, -0.1) is 0 Å². The predicted octanol–water partition coefficient (Wildman–Crippen LogP) is 2.00. The average Bonchev–Trinajstić information content (AvgIpc) is 2.65. The lowest BCUT2D eigenvalue weighted by Crippen LogP contribution is -2.51. The lowest BCUT2D eigenvalue weighted by atomic mass is 10.2. The molecule has 1 saturated heterocycles. The van der Waals surface area contributed by atoms with Gasteiger partial charge in [-0.05, 0) is 37.1 Å². The van der Waals surface area contributed by atoms with E-state index in [1.54, 1.807) is 12.1 Å². The first-order chi connectivity index (χ1) is 12.1. The molecule has 1 aromatic carbocycles. The average molecular weight is 350 g/mol. The lowest BCUT2D eigenvalue weighted by Gasteiger charge is -2.36. The number of carbonyl (C=O) groups excluding carboxylic acids is 1. The van der Waals surface area contributed by atoms with Crippen LogP contribution in [-0.2, 0) is 9.53 Å². The summed E-state index contributed by atoms with van der Waals surface area (Å²) in [5.74, 6) is 0.194. The molecule has 1 fully saturated rings. The summed E-state index contributed by atoms with van der Waals surface area (Å²) in [5, 5.41) is 0. The van der Waals surface area contributed by atoms with Gasteiger partial charge in [0.25, 0.3) is 0 Å². The molecule has 0 aliphatic carbocycles. The number of halogens is 1. The van der Waals surface area contributed by atoms with Gasteiger partial charge in [-0.2, -0.15) is 0 Å². The van der Waals surface area contributed by atoms with E-state index >= 15 is 0 Å². The lowest BCUT2D eigenvalue weighted by molar-refractivity contribution is -0.140. The Labute approximate surface area is 148 Å². The van der Waals surface area contributed by atoms with Crippen LogP contribution in [0.5, 0.6) is 0 Å². The fraction of sp³-hybridized carbons (Fsp3) is 0.556. The monoisotopic (exact) mass is 350 g/mol. The number of piperazine rings is 1. The smallest absolute Gasteiger partial charge is 0.305 e. The molecule has 138 valence electrons. The van der Waals surface area contributed by atoms with Crippen LogP contribution in [0.15, 0.2) is 29.3 Å². The first-order valence-electron chi connectivity index (χ1n) is 8.72. The Morgan fingerprint density at radius 2 is 1.84 bits per heavy atom. The van der Waals surface area contributed by atoms with Crippen molar-refractivity contribution in [2.75, 3.05) is 44.7 Å². The molecule has 25 heavy (non-hydrogen) atoms. The number of methoxy groups -OCH3 is 1. The molecule has 0 unspecified atom stereocenters. The van der Waals surface area contributed by atoms with Crippen molar-refractivity contribution in [2.24, 2.45) is 10.7 Å². The molecule has 6 nitrogen and oxygen atoms in total. The summed E-state index contributed by atoms with van der Waals surface area (Å²) in [5.41, 5.74) is 7.10. The van der Waals surface area contributed by atoms with E-state index in [-0.39, 0.29) is 11.8 Å². The highest BCUT2D eigenvalue weighted by Crippen LogP contribution is 2.16. The third-order valence-corrected chi connectivity index (χ3v) is 4.34. The number of benzene rings is 1. The molecule has 7 heteroatoms. The quantitative estimate of drug-likeness (QED) is 0.352. The number of ether oxygens (including phenoxy) is 1. The summed E-state index contributed by atoms with van der Waals surface area (Å²) in [7, 11) is 1.41. The summed E-state index contributed by atoms with van der Waals surface area (Å²) in [6.45, 7) is 3.94. The molecular weight excluding hydrogens is 323 g/mol. The highest BCUT2D eigenvalue weighted by Gasteiger charge is 2.18. The van der Waals surface area contributed by atoms with Crippen molar-refractivity contribution in [1.29, 1.82) is 0 Å². The van der Waals surface area contributed by atoms with Gasteiger partial charge >= 0.3 is 5.97 Å². The summed E-state index contributed by atoms with van der Waals surface area (Å²) in [4.78, 5) is 19.7. The molecule has 1 aliphatic rings. The zero-order chi connectivity index (χ0) is 18.1. The Morgan fingerprint density at radius 3 is 2.48 bits per heavy atom. The first-order valence-corrected chi connectivity index (χ1v) is 8.72. The van der Waals surface area contributed by atoms with Crippen molar-refractivity contribution >= 4 is 17.6 Å². The molecule has 1 aliphatic heterocycles. The van der Waals surface area contributed by atoms with E-state index in [9.17, 15) is 9.18 Å². The molecule has 2 N–H and O–H groups in total. The van der Waals surface area contributed by atoms with Crippen molar-refractivity contribution in [3.8, 4) is 0 Å². The Hall–Kier alpha value is -2.31. The zero-order valence-electron chi connectivity index (χ0n) is 14.8. The van der Waals surface area contributed by atoms with Crippen LogP contribution >= 0.6 is 0 Å². The number of guanidine groups is 1. The minimum absolute atomic E-state index is 0.165. The number of hydrogen-bond acceptors (Lipinski definition) is 4. The van der Waals surface area contributed by atoms with Crippen LogP contribution in [0.25, 0.3) is 0 Å². The number of nitrogens with zero attached hydrogens (tertiary/aromatic N) is 3. The summed E-state index contributed by atoms with van der Waals surface area (Å²) in [6.07, 6.45) is 3.12. The van der Waals surface area contributed by atoms with Crippen molar-refractivity contribution in [1.82, 2.24) is 4.90 Å². The largest absolute Gasteiger partial charge is 0.469 e. The molecule has 0 spiro atoms. The maximum absolute atomic E-state index is 13.0. The number of unbranched alkanes of at least 4 members (excludes halogenated alkanes) is 2. The molecule has 0 radical (unpaired) electrons. The van der Waals surface area contributed by atoms with Crippen LogP contribution in [-0.4, -0.2) is 56.7 Å². The van der Waals surface area contributed by atoms with Gasteiger partial charge in [-0.25, -0.2) is 4.39 Å². The van der Waals surface area contributed by atoms with Gasteiger partial charge in [0.05, 0.1) is 7.11 Å². The highest BCUT2D eigenvalue weighted by atomic mass is 19.1. The van der Waals surface area contributed by atoms with Crippen LogP contribution in [0.2, 0.25) is 0 Å². The van der Waals surface area contributed by atoms with Crippen LogP contribution in [0.3, 0.4) is 0 Å². The normalized spacial score (nSPS) is 15.4. The fourth-order valence-corrected chi connectivity index (χ4v) is 2.80. The number of anilines is 1. The van der Waals surface area contributed by atoms with Crippen LogP contribution in [0, 0.1) is 5.82 Å². The highest BCUT2D eigenvalue weighted by molar-refractivity contribution is 5.78. The van der Waals surface area contributed by atoms with Gasteiger partial charge in [-0.3, -0.25) is 9.79 Å². The van der Waals surface area contributed by atoms with E-state index in [4.69, 9.17) is 5.73 Å². The van der Waals surface area contributed by atoms with Gasteiger partial charge in [0.1, 0.15) is 5.82 Å². The number of rotatable bonds is 7. The molecule has 1 aromatic rings. The number of hydrogen-bond donors (Lipinski definition) is 1. The molecule has 0 aromatic heterocycles. The predicted molar refractivity (Wildman–Crippen MR) is 97.2 cm³/mol. The second-order valence-electron chi connectivity index (χ2n) is 6.08. The molecule has 0 atom stereocenters. The second kappa shape index (κ2) is 9.86. The molecule has 1 heterocycles. The Balaban J connectivity index is 1.67. The second-order valence-corrected chi connectivity index (χ2v) is 6.08. The van der Waals surface area contributed by atoms with Crippen LogP contribution in [0.1, 0.15) is 25.7 Å². The van der Waals surface area contributed by atoms with Crippen LogP contribution < -0.4 is 10.6 Å². The van der Waals surface area contributed by atoms with Crippen molar-refractivity contribution in [3.63, 3.8) is 0 Å². The number of aliphatic imine (C=N–C) groups is 1. The van der Waals surface area contributed by atoms with Gasteiger partial charge in [0.15, 0.2) is 5.96 Å². The molecule has 0 amide bonds. The molecule has 0 saturated carbocycles. The summed E-state index contributed by atoms with van der Waals surface area (Å²) >= 11 is 0.